The molecule has 0 saturated carbocycles. The van der Waals surface area contributed by atoms with Gasteiger partial charge in [-0.15, -0.1) is 0 Å². The molecule has 5 heteroatoms. The Labute approximate surface area is 117 Å². The summed E-state index contributed by atoms with van der Waals surface area (Å²) < 4.78 is 16.0. The van der Waals surface area contributed by atoms with Crippen molar-refractivity contribution in [2.75, 3.05) is 20.3 Å². The Morgan fingerprint density at radius 1 is 1.15 bits per heavy atom. The summed E-state index contributed by atoms with van der Waals surface area (Å²) >= 11 is 0. The van der Waals surface area contributed by atoms with Crippen LogP contribution in [0.1, 0.15) is 25.7 Å². The number of nitrogens with zero attached hydrogens (tertiary/aromatic N) is 2. The molecule has 1 aromatic heterocycles. The van der Waals surface area contributed by atoms with Crippen molar-refractivity contribution in [1.29, 1.82) is 0 Å². The molecule has 20 heavy (non-hydrogen) atoms. The average Bonchev–Trinajstić information content (AvgIpc) is 2.99. The van der Waals surface area contributed by atoms with Crippen LogP contribution < -0.4 is 4.74 Å². The third-order valence-electron chi connectivity index (χ3n) is 3.89. The van der Waals surface area contributed by atoms with Gasteiger partial charge in [0.1, 0.15) is 5.75 Å². The van der Waals surface area contributed by atoms with Crippen LogP contribution in [0.3, 0.4) is 0 Å². The number of hydrogen-bond acceptors (Lipinski definition) is 5. The molecule has 0 aliphatic carbocycles. The summed E-state index contributed by atoms with van der Waals surface area (Å²) in [5.74, 6) is 2.14. The fraction of sp³-hybridized carbons (Fsp3) is 0.467. The van der Waals surface area contributed by atoms with Gasteiger partial charge < -0.3 is 14.0 Å². The average molecular weight is 274 g/mol. The molecule has 1 aliphatic heterocycles. The van der Waals surface area contributed by atoms with E-state index in [9.17, 15) is 0 Å². The van der Waals surface area contributed by atoms with Crippen molar-refractivity contribution < 1.29 is 14.0 Å². The van der Waals surface area contributed by atoms with Gasteiger partial charge in [0.05, 0.1) is 12.5 Å². The van der Waals surface area contributed by atoms with E-state index in [1.54, 1.807) is 7.11 Å². The number of hydrogen-bond donors (Lipinski definition) is 0. The highest BCUT2D eigenvalue weighted by Crippen LogP contribution is 2.34. The molecule has 0 radical (unpaired) electrons. The summed E-state index contributed by atoms with van der Waals surface area (Å²) in [6, 6.07) is 7.64. The minimum Gasteiger partial charge on any atom is -0.497 e. The van der Waals surface area contributed by atoms with E-state index in [-0.39, 0.29) is 5.41 Å². The first kappa shape index (κ1) is 13.1. The summed E-state index contributed by atoms with van der Waals surface area (Å²) in [5, 5.41) is 4.09. The fourth-order valence-electron chi connectivity index (χ4n) is 2.36. The normalized spacial score (nSPS) is 17.9. The highest BCUT2D eigenvalue weighted by Gasteiger charge is 2.35. The molecule has 1 saturated heterocycles. The van der Waals surface area contributed by atoms with Crippen LogP contribution in [0, 0.1) is 0 Å². The minimum absolute atomic E-state index is 0.0734. The van der Waals surface area contributed by atoms with E-state index in [0.717, 1.165) is 37.4 Å². The maximum atomic E-state index is 5.47. The van der Waals surface area contributed by atoms with Crippen LogP contribution in [-0.4, -0.2) is 30.5 Å². The zero-order valence-electron chi connectivity index (χ0n) is 11.8. The standard InChI is InChI=1S/C15H18N2O3/c1-15(7-9-19-10-8-15)14-16-13(17-20-14)11-3-5-12(18-2)6-4-11/h3-6H,7-10H2,1-2H3. The summed E-state index contributed by atoms with van der Waals surface area (Å²) in [4.78, 5) is 4.56. The summed E-state index contributed by atoms with van der Waals surface area (Å²) in [6.45, 7) is 3.65. The first-order valence-corrected chi connectivity index (χ1v) is 6.78. The van der Waals surface area contributed by atoms with Gasteiger partial charge in [0, 0.05) is 18.8 Å². The SMILES string of the molecule is COc1ccc(-c2noc(C3(C)CCOCC3)n2)cc1. The van der Waals surface area contributed by atoms with Gasteiger partial charge in [0.25, 0.3) is 0 Å². The lowest BCUT2D eigenvalue weighted by Gasteiger charge is -2.29. The molecule has 1 aromatic carbocycles. The van der Waals surface area contributed by atoms with Crippen molar-refractivity contribution in [1.82, 2.24) is 10.1 Å². The summed E-state index contributed by atoms with van der Waals surface area (Å²) in [7, 11) is 1.65. The highest BCUT2D eigenvalue weighted by molar-refractivity contribution is 5.55. The molecule has 5 nitrogen and oxygen atoms in total. The smallest absolute Gasteiger partial charge is 0.233 e. The molecule has 2 heterocycles. The zero-order chi connectivity index (χ0) is 14.0. The molecular formula is C15H18N2O3. The number of rotatable bonds is 3. The van der Waals surface area contributed by atoms with Crippen molar-refractivity contribution in [2.24, 2.45) is 0 Å². The Kier molecular flexibility index (Phi) is 3.44. The first-order valence-electron chi connectivity index (χ1n) is 6.78. The summed E-state index contributed by atoms with van der Waals surface area (Å²) in [6.07, 6.45) is 1.83. The van der Waals surface area contributed by atoms with Crippen molar-refractivity contribution in [2.45, 2.75) is 25.2 Å². The second-order valence-electron chi connectivity index (χ2n) is 5.32. The molecule has 0 unspecified atom stereocenters. The fourth-order valence-corrected chi connectivity index (χ4v) is 2.36. The van der Waals surface area contributed by atoms with E-state index in [1.807, 2.05) is 24.3 Å². The molecule has 1 aliphatic rings. The van der Waals surface area contributed by atoms with Gasteiger partial charge in [-0.05, 0) is 37.1 Å². The van der Waals surface area contributed by atoms with Gasteiger partial charge in [0.15, 0.2) is 0 Å². The lowest BCUT2D eigenvalue weighted by atomic mass is 9.82. The molecule has 0 N–H and O–H groups in total. The van der Waals surface area contributed by atoms with Crippen molar-refractivity contribution in [3.63, 3.8) is 0 Å². The largest absolute Gasteiger partial charge is 0.497 e. The van der Waals surface area contributed by atoms with Crippen molar-refractivity contribution in [3.8, 4) is 17.1 Å². The Morgan fingerprint density at radius 2 is 1.85 bits per heavy atom. The van der Waals surface area contributed by atoms with E-state index in [2.05, 4.69) is 17.1 Å². The number of aromatic nitrogens is 2. The first-order chi connectivity index (χ1) is 9.71. The molecule has 3 rings (SSSR count). The third-order valence-corrected chi connectivity index (χ3v) is 3.89. The lowest BCUT2D eigenvalue weighted by Crippen LogP contribution is -2.30. The van der Waals surface area contributed by atoms with Crippen molar-refractivity contribution in [3.05, 3.63) is 30.2 Å². The van der Waals surface area contributed by atoms with Gasteiger partial charge in [-0.25, -0.2) is 0 Å². The van der Waals surface area contributed by atoms with E-state index >= 15 is 0 Å². The Bertz CT molecular complexity index is 571. The van der Waals surface area contributed by atoms with Crippen LogP contribution in [0.5, 0.6) is 5.75 Å². The predicted octanol–water partition coefficient (Wildman–Crippen LogP) is 2.81. The van der Waals surface area contributed by atoms with Crippen LogP contribution in [0.4, 0.5) is 0 Å². The maximum absolute atomic E-state index is 5.47. The number of benzene rings is 1. The van der Waals surface area contributed by atoms with Crippen LogP contribution in [-0.2, 0) is 10.2 Å². The van der Waals surface area contributed by atoms with Crippen LogP contribution in [0.25, 0.3) is 11.4 Å². The lowest BCUT2D eigenvalue weighted by molar-refractivity contribution is 0.0447. The number of methoxy groups -OCH3 is 1. The van der Waals surface area contributed by atoms with E-state index < -0.39 is 0 Å². The van der Waals surface area contributed by atoms with Crippen LogP contribution in [0.2, 0.25) is 0 Å². The van der Waals surface area contributed by atoms with Gasteiger partial charge in [-0.2, -0.15) is 4.98 Å². The van der Waals surface area contributed by atoms with Crippen LogP contribution >= 0.6 is 0 Å². The highest BCUT2D eigenvalue weighted by atomic mass is 16.5. The van der Waals surface area contributed by atoms with E-state index in [4.69, 9.17) is 14.0 Å². The molecule has 0 spiro atoms. The third kappa shape index (κ3) is 2.41. The van der Waals surface area contributed by atoms with Crippen molar-refractivity contribution >= 4 is 0 Å². The van der Waals surface area contributed by atoms with E-state index in [0.29, 0.717) is 11.7 Å². The van der Waals surface area contributed by atoms with E-state index in [1.165, 1.54) is 0 Å². The van der Waals surface area contributed by atoms with Gasteiger partial charge >= 0.3 is 0 Å². The second-order valence-corrected chi connectivity index (χ2v) is 5.32. The Morgan fingerprint density at radius 3 is 2.50 bits per heavy atom. The van der Waals surface area contributed by atoms with Gasteiger partial charge in [-0.3, -0.25) is 0 Å². The Hall–Kier alpha value is -1.88. The monoisotopic (exact) mass is 274 g/mol. The van der Waals surface area contributed by atoms with Gasteiger partial charge in [0.2, 0.25) is 11.7 Å². The maximum Gasteiger partial charge on any atom is 0.233 e. The molecule has 0 atom stereocenters. The minimum atomic E-state index is -0.0734. The van der Waals surface area contributed by atoms with Crippen LogP contribution in [0.15, 0.2) is 28.8 Å². The predicted molar refractivity (Wildman–Crippen MR) is 73.7 cm³/mol. The number of ether oxygens (including phenoxy) is 2. The molecule has 1 fully saturated rings. The quantitative estimate of drug-likeness (QED) is 0.861. The summed E-state index contributed by atoms with van der Waals surface area (Å²) in [5.41, 5.74) is 0.854. The second kappa shape index (κ2) is 5.25. The molecule has 0 bridgehead atoms. The molecule has 2 aromatic rings. The molecular weight excluding hydrogens is 256 g/mol. The topological polar surface area (TPSA) is 57.4 Å². The molecule has 0 amide bonds. The van der Waals surface area contributed by atoms with Gasteiger partial charge in [-0.1, -0.05) is 12.1 Å². The molecule has 106 valence electrons. The Balaban J connectivity index is 1.85. The zero-order valence-corrected chi connectivity index (χ0v) is 11.8.